The van der Waals surface area contributed by atoms with Crippen molar-refractivity contribution in [1.29, 1.82) is 0 Å². The van der Waals surface area contributed by atoms with Crippen molar-refractivity contribution < 1.29 is 19.1 Å². The minimum Gasteiger partial charge on any atom is -0.485 e. The molecule has 1 amide bonds. The summed E-state index contributed by atoms with van der Waals surface area (Å²) in [5.74, 6) is 1.32. The summed E-state index contributed by atoms with van der Waals surface area (Å²) in [6.07, 6.45) is 0. The van der Waals surface area contributed by atoms with Gasteiger partial charge in [0.25, 0.3) is 5.91 Å². The lowest BCUT2D eigenvalue weighted by Gasteiger charge is -2.18. The Labute approximate surface area is 142 Å². The van der Waals surface area contributed by atoms with Crippen molar-refractivity contribution in [3.8, 4) is 5.75 Å². The summed E-state index contributed by atoms with van der Waals surface area (Å²) in [5.41, 5.74) is 2.24. The molecule has 1 aromatic heterocycles. The molecule has 5 heteroatoms. The molecular weight excluding hydrogens is 306 g/mol. The fourth-order valence-electron chi connectivity index (χ4n) is 2.27. The second-order valence-electron chi connectivity index (χ2n) is 6.25. The maximum Gasteiger partial charge on any atom is 0.287 e. The molecule has 2 aromatic rings. The van der Waals surface area contributed by atoms with Gasteiger partial charge in [-0.25, -0.2) is 0 Å². The molecule has 0 saturated carbocycles. The van der Waals surface area contributed by atoms with Crippen LogP contribution in [0.5, 0.6) is 5.75 Å². The molecule has 5 nitrogen and oxygen atoms in total. The van der Waals surface area contributed by atoms with Gasteiger partial charge in [-0.15, -0.1) is 0 Å². The largest absolute Gasteiger partial charge is 0.485 e. The molecule has 130 valence electrons. The van der Waals surface area contributed by atoms with E-state index in [0.29, 0.717) is 5.76 Å². The number of hydrogen-bond donors (Lipinski definition) is 2. The molecule has 2 rings (SSSR count). The number of aryl methyl sites for hydroxylation is 2. The van der Waals surface area contributed by atoms with Crippen LogP contribution >= 0.6 is 0 Å². The molecule has 0 saturated heterocycles. The van der Waals surface area contributed by atoms with Gasteiger partial charge in [-0.2, -0.15) is 0 Å². The predicted octanol–water partition coefficient (Wildman–Crippen LogP) is 3.22. The quantitative estimate of drug-likeness (QED) is 0.817. The molecule has 0 aliphatic heterocycles. The Bertz CT molecular complexity index is 692. The highest BCUT2D eigenvalue weighted by Gasteiger charge is 2.17. The number of hydrogen-bond acceptors (Lipinski definition) is 4. The number of furan rings is 1. The van der Waals surface area contributed by atoms with E-state index in [0.717, 1.165) is 11.3 Å². The minimum absolute atomic E-state index is 0.0174. The van der Waals surface area contributed by atoms with E-state index < -0.39 is 0 Å². The van der Waals surface area contributed by atoms with Crippen molar-refractivity contribution >= 4 is 5.91 Å². The van der Waals surface area contributed by atoms with Crippen LogP contribution in [0, 0.1) is 19.8 Å². The van der Waals surface area contributed by atoms with Crippen LogP contribution in [-0.2, 0) is 6.61 Å². The normalized spacial score (nSPS) is 13.4. The van der Waals surface area contributed by atoms with E-state index in [4.69, 9.17) is 14.3 Å². The van der Waals surface area contributed by atoms with E-state index in [9.17, 15) is 4.79 Å². The minimum atomic E-state index is -0.291. The Balaban J connectivity index is 1.94. The Morgan fingerprint density at radius 1 is 1.25 bits per heavy atom. The molecule has 0 fully saturated rings. The van der Waals surface area contributed by atoms with Crippen molar-refractivity contribution in [2.75, 3.05) is 6.61 Å². The molecule has 0 radical (unpaired) electrons. The molecule has 2 unspecified atom stereocenters. The molecule has 0 spiro atoms. The SMILES string of the molecule is Cc1ccc(OCc2ccc(C(=O)NC(C)C(C)CO)o2)c(C)c1. The summed E-state index contributed by atoms with van der Waals surface area (Å²) in [6, 6.07) is 9.21. The first kappa shape index (κ1) is 18.1. The first-order valence-electron chi connectivity index (χ1n) is 8.11. The van der Waals surface area contributed by atoms with Crippen LogP contribution < -0.4 is 10.1 Å². The lowest BCUT2D eigenvalue weighted by Crippen LogP contribution is -2.38. The van der Waals surface area contributed by atoms with Gasteiger partial charge in [-0.1, -0.05) is 24.6 Å². The highest BCUT2D eigenvalue weighted by Crippen LogP contribution is 2.20. The third-order valence-corrected chi connectivity index (χ3v) is 4.09. The highest BCUT2D eigenvalue weighted by molar-refractivity contribution is 5.91. The van der Waals surface area contributed by atoms with Gasteiger partial charge in [-0.05, 0) is 50.5 Å². The van der Waals surface area contributed by atoms with Gasteiger partial charge in [0.1, 0.15) is 18.1 Å². The maximum absolute atomic E-state index is 12.1. The topological polar surface area (TPSA) is 71.7 Å². The highest BCUT2D eigenvalue weighted by atomic mass is 16.5. The predicted molar refractivity (Wildman–Crippen MR) is 92.1 cm³/mol. The van der Waals surface area contributed by atoms with Crippen LogP contribution in [0.3, 0.4) is 0 Å². The van der Waals surface area contributed by atoms with Gasteiger partial charge in [0.15, 0.2) is 5.76 Å². The lowest BCUT2D eigenvalue weighted by molar-refractivity contribution is 0.0884. The van der Waals surface area contributed by atoms with Crippen molar-refractivity contribution in [3.05, 3.63) is 53.0 Å². The zero-order valence-electron chi connectivity index (χ0n) is 14.6. The second-order valence-corrected chi connectivity index (χ2v) is 6.25. The van der Waals surface area contributed by atoms with Crippen LogP contribution in [0.2, 0.25) is 0 Å². The number of benzene rings is 1. The number of rotatable bonds is 7. The number of carbonyl (C=O) groups excluding carboxylic acids is 1. The fourth-order valence-corrected chi connectivity index (χ4v) is 2.27. The summed E-state index contributed by atoms with van der Waals surface area (Å²) < 4.78 is 11.3. The Hall–Kier alpha value is -2.27. The molecule has 0 aliphatic rings. The van der Waals surface area contributed by atoms with Gasteiger partial charge < -0.3 is 19.6 Å². The molecule has 2 atom stereocenters. The van der Waals surface area contributed by atoms with E-state index in [1.807, 2.05) is 39.8 Å². The van der Waals surface area contributed by atoms with Gasteiger partial charge in [0.2, 0.25) is 0 Å². The Morgan fingerprint density at radius 2 is 2.00 bits per heavy atom. The van der Waals surface area contributed by atoms with E-state index in [1.54, 1.807) is 12.1 Å². The number of amides is 1. The summed E-state index contributed by atoms with van der Waals surface area (Å²) in [6.45, 7) is 8.04. The smallest absolute Gasteiger partial charge is 0.287 e. The van der Waals surface area contributed by atoms with Crippen molar-refractivity contribution in [1.82, 2.24) is 5.32 Å². The average Bonchev–Trinajstić information content (AvgIpc) is 3.02. The van der Waals surface area contributed by atoms with Crippen LogP contribution in [0.4, 0.5) is 0 Å². The van der Waals surface area contributed by atoms with E-state index in [2.05, 4.69) is 11.4 Å². The number of aliphatic hydroxyl groups excluding tert-OH is 1. The van der Waals surface area contributed by atoms with E-state index in [-0.39, 0.29) is 36.8 Å². The molecule has 0 bridgehead atoms. The monoisotopic (exact) mass is 331 g/mol. The van der Waals surface area contributed by atoms with Crippen LogP contribution in [-0.4, -0.2) is 23.7 Å². The zero-order chi connectivity index (χ0) is 17.7. The summed E-state index contributed by atoms with van der Waals surface area (Å²) in [5, 5.41) is 11.9. The fraction of sp³-hybridized carbons (Fsp3) is 0.421. The first-order chi connectivity index (χ1) is 11.4. The van der Waals surface area contributed by atoms with Gasteiger partial charge in [-0.3, -0.25) is 4.79 Å². The summed E-state index contributed by atoms with van der Waals surface area (Å²) in [4.78, 5) is 12.1. The maximum atomic E-state index is 12.1. The van der Waals surface area contributed by atoms with Crippen molar-refractivity contribution in [2.24, 2.45) is 5.92 Å². The molecule has 2 N–H and O–H groups in total. The molecule has 1 heterocycles. The number of aliphatic hydroxyl groups is 1. The molecule has 0 aliphatic carbocycles. The number of ether oxygens (including phenoxy) is 1. The van der Waals surface area contributed by atoms with Gasteiger partial charge >= 0.3 is 0 Å². The summed E-state index contributed by atoms with van der Waals surface area (Å²) in [7, 11) is 0. The molecular formula is C19H25NO4. The zero-order valence-corrected chi connectivity index (χ0v) is 14.6. The van der Waals surface area contributed by atoms with E-state index in [1.165, 1.54) is 5.56 Å². The van der Waals surface area contributed by atoms with Gasteiger partial charge in [0.05, 0.1) is 0 Å². The standard InChI is InChI=1S/C19H25NO4/c1-12-5-7-17(13(2)9-12)23-11-16-6-8-18(24-16)19(22)20-15(4)14(3)10-21/h5-9,14-15,21H,10-11H2,1-4H3,(H,20,22). The summed E-state index contributed by atoms with van der Waals surface area (Å²) >= 11 is 0. The number of carbonyl (C=O) groups is 1. The van der Waals surface area contributed by atoms with E-state index >= 15 is 0 Å². The molecule has 24 heavy (non-hydrogen) atoms. The Morgan fingerprint density at radius 3 is 2.67 bits per heavy atom. The molecule has 1 aromatic carbocycles. The lowest BCUT2D eigenvalue weighted by atomic mass is 10.1. The van der Waals surface area contributed by atoms with Crippen molar-refractivity contribution in [3.63, 3.8) is 0 Å². The third-order valence-electron chi connectivity index (χ3n) is 4.09. The van der Waals surface area contributed by atoms with Crippen molar-refractivity contribution in [2.45, 2.75) is 40.3 Å². The third kappa shape index (κ3) is 4.61. The first-order valence-corrected chi connectivity index (χ1v) is 8.11. The van der Waals surface area contributed by atoms with Gasteiger partial charge in [0, 0.05) is 12.6 Å². The average molecular weight is 331 g/mol. The van der Waals surface area contributed by atoms with Crippen LogP contribution in [0.25, 0.3) is 0 Å². The van der Waals surface area contributed by atoms with Crippen LogP contribution in [0.15, 0.2) is 34.7 Å². The second kappa shape index (κ2) is 8.02. The number of nitrogens with one attached hydrogen (secondary N) is 1. The van der Waals surface area contributed by atoms with Crippen LogP contribution in [0.1, 0.15) is 41.3 Å². The Kier molecular flexibility index (Phi) is 6.04.